The smallest absolute Gasteiger partial charge is 0.335 e. The maximum absolute atomic E-state index is 13.5. The largest absolute Gasteiger partial charge is 0.394 e. The Kier molecular flexibility index (Phi) is 3.02. The molecule has 0 N–H and O–H groups in total. The van der Waals surface area contributed by atoms with E-state index in [9.17, 15) is 18.0 Å². The molecule has 3 fully saturated rings. The van der Waals surface area contributed by atoms with Gasteiger partial charge in [0.25, 0.3) is 0 Å². The van der Waals surface area contributed by atoms with E-state index in [1.54, 1.807) is 0 Å². The van der Waals surface area contributed by atoms with Gasteiger partial charge in [0.15, 0.2) is 0 Å². The van der Waals surface area contributed by atoms with Crippen LogP contribution >= 0.6 is 0 Å². The van der Waals surface area contributed by atoms with Gasteiger partial charge in [0.05, 0.1) is 16.9 Å². The highest BCUT2D eigenvalue weighted by Crippen LogP contribution is 2.68. The predicted molar refractivity (Wildman–Crippen MR) is 86.7 cm³/mol. The lowest BCUT2D eigenvalue weighted by Crippen LogP contribution is -2.41. The highest BCUT2D eigenvalue weighted by molar-refractivity contribution is 5.84. The fourth-order valence-electron chi connectivity index (χ4n) is 6.13. The minimum Gasteiger partial charge on any atom is -0.335 e. The Labute approximate surface area is 145 Å². The normalized spacial score (nSPS) is 38.9. The van der Waals surface area contributed by atoms with Gasteiger partial charge in [0.2, 0.25) is 5.91 Å². The third-order valence-electron chi connectivity index (χ3n) is 7.47. The van der Waals surface area contributed by atoms with Gasteiger partial charge in [-0.3, -0.25) is 4.79 Å². The molecule has 5 heteroatoms. The number of halogens is 3. The van der Waals surface area contributed by atoms with Crippen molar-refractivity contribution in [2.45, 2.75) is 57.2 Å². The maximum Gasteiger partial charge on any atom is 0.394 e. The van der Waals surface area contributed by atoms with Crippen molar-refractivity contribution in [2.75, 3.05) is 6.54 Å². The summed E-state index contributed by atoms with van der Waals surface area (Å²) in [6.07, 6.45) is -1.17. The average molecular weight is 349 g/mol. The van der Waals surface area contributed by atoms with Crippen molar-refractivity contribution in [1.82, 2.24) is 4.90 Å². The number of fused-ring (bicyclic) bond motifs is 6. The molecule has 1 saturated heterocycles. The summed E-state index contributed by atoms with van der Waals surface area (Å²) in [7, 11) is 0. The summed E-state index contributed by atoms with van der Waals surface area (Å²) in [6, 6.07) is 8.31. The van der Waals surface area contributed by atoms with E-state index in [-0.39, 0.29) is 31.2 Å². The molecule has 1 amide bonds. The molecule has 134 valence electrons. The molecule has 2 atom stereocenters. The minimum absolute atomic E-state index is 0.000304. The van der Waals surface area contributed by atoms with Gasteiger partial charge in [0.1, 0.15) is 0 Å². The van der Waals surface area contributed by atoms with Gasteiger partial charge in [-0.05, 0) is 62.0 Å². The number of amides is 1. The van der Waals surface area contributed by atoms with Gasteiger partial charge in [-0.2, -0.15) is 13.2 Å². The molecule has 0 radical (unpaired) electrons. The van der Waals surface area contributed by atoms with Crippen molar-refractivity contribution in [3.63, 3.8) is 0 Å². The molecule has 1 heterocycles. The first-order valence-electron chi connectivity index (χ1n) is 9.29. The molecular weight excluding hydrogens is 327 g/mol. The van der Waals surface area contributed by atoms with E-state index in [1.807, 2.05) is 17.0 Å². The predicted octanol–water partition coefficient (Wildman–Crippen LogP) is 4.65. The SMILES string of the molecule is O=C(N1C[C@H]2Cc3ccccc3[C@@H]1C2)C12CCC(C(F)(F)F)(CC1)C2. The van der Waals surface area contributed by atoms with Crippen LogP contribution < -0.4 is 0 Å². The Hall–Kier alpha value is -1.52. The zero-order valence-electron chi connectivity index (χ0n) is 14.1. The number of likely N-dealkylation sites (tertiary alicyclic amines) is 1. The quantitative estimate of drug-likeness (QED) is 0.723. The summed E-state index contributed by atoms with van der Waals surface area (Å²) in [6.45, 7) is 0.707. The lowest BCUT2D eigenvalue weighted by atomic mass is 9.80. The standard InChI is InChI=1S/C20H22F3NO/c21-20(22,23)19-7-5-18(12-19,6-8-19)17(25)24-11-13-9-14-3-1-2-4-15(14)16(24)10-13/h1-4,13,16H,5-12H2/t13-,16-,18?,19?/m0/s1. The summed E-state index contributed by atoms with van der Waals surface area (Å²) in [5.74, 6) is 0.454. The Morgan fingerprint density at radius 2 is 1.84 bits per heavy atom. The highest BCUT2D eigenvalue weighted by Gasteiger charge is 2.69. The zero-order valence-corrected chi connectivity index (χ0v) is 14.1. The van der Waals surface area contributed by atoms with Crippen molar-refractivity contribution in [2.24, 2.45) is 16.7 Å². The van der Waals surface area contributed by atoms with E-state index in [4.69, 9.17) is 0 Å². The Balaban J connectivity index is 1.45. The maximum atomic E-state index is 13.5. The molecular formula is C20H22F3NO. The van der Waals surface area contributed by atoms with Crippen LogP contribution in [0.5, 0.6) is 0 Å². The van der Waals surface area contributed by atoms with Crippen LogP contribution in [0.15, 0.2) is 24.3 Å². The van der Waals surface area contributed by atoms with Gasteiger partial charge in [0, 0.05) is 6.54 Å². The molecule has 2 nitrogen and oxygen atoms in total. The first-order valence-corrected chi connectivity index (χ1v) is 9.29. The Bertz CT molecular complexity index is 733. The third kappa shape index (κ3) is 2.01. The van der Waals surface area contributed by atoms with E-state index >= 15 is 0 Å². The molecule has 1 aromatic rings. The van der Waals surface area contributed by atoms with Gasteiger partial charge in [-0.1, -0.05) is 24.3 Å². The Morgan fingerprint density at radius 3 is 2.52 bits per heavy atom. The van der Waals surface area contributed by atoms with Gasteiger partial charge in [-0.15, -0.1) is 0 Å². The topological polar surface area (TPSA) is 20.3 Å². The summed E-state index contributed by atoms with van der Waals surface area (Å²) >= 11 is 0. The van der Waals surface area contributed by atoms with Crippen molar-refractivity contribution >= 4 is 5.91 Å². The number of alkyl halides is 3. The van der Waals surface area contributed by atoms with Crippen LogP contribution in [0.4, 0.5) is 13.2 Å². The molecule has 0 unspecified atom stereocenters. The van der Waals surface area contributed by atoms with Gasteiger partial charge < -0.3 is 4.90 Å². The molecule has 3 aliphatic carbocycles. The fourth-order valence-corrected chi connectivity index (χ4v) is 6.13. The number of rotatable bonds is 1. The first-order chi connectivity index (χ1) is 11.8. The van der Waals surface area contributed by atoms with Crippen LogP contribution in [-0.2, 0) is 11.2 Å². The van der Waals surface area contributed by atoms with Crippen LogP contribution in [0, 0.1) is 16.7 Å². The monoisotopic (exact) mass is 349 g/mol. The average Bonchev–Trinajstić information content (AvgIpc) is 3.26. The molecule has 2 saturated carbocycles. The van der Waals surface area contributed by atoms with Crippen LogP contribution in [0.25, 0.3) is 0 Å². The van der Waals surface area contributed by atoms with E-state index in [1.165, 1.54) is 11.1 Å². The van der Waals surface area contributed by atoms with Crippen molar-refractivity contribution < 1.29 is 18.0 Å². The number of nitrogens with zero attached hydrogens (tertiary/aromatic N) is 1. The fraction of sp³-hybridized carbons (Fsp3) is 0.650. The highest BCUT2D eigenvalue weighted by atomic mass is 19.4. The summed E-state index contributed by atoms with van der Waals surface area (Å²) in [5.41, 5.74) is 0.148. The van der Waals surface area contributed by atoms with E-state index in [0.29, 0.717) is 25.3 Å². The van der Waals surface area contributed by atoms with Crippen LogP contribution in [0.2, 0.25) is 0 Å². The molecule has 1 aromatic carbocycles. The van der Waals surface area contributed by atoms with Crippen LogP contribution in [0.3, 0.4) is 0 Å². The Morgan fingerprint density at radius 1 is 1.12 bits per heavy atom. The van der Waals surface area contributed by atoms with Crippen molar-refractivity contribution in [1.29, 1.82) is 0 Å². The number of carbonyl (C=O) groups is 1. The lowest BCUT2D eigenvalue weighted by Gasteiger charge is -2.34. The minimum atomic E-state index is -4.18. The molecule has 25 heavy (non-hydrogen) atoms. The molecule has 4 bridgehead atoms. The second kappa shape index (κ2) is 4.80. The van der Waals surface area contributed by atoms with Crippen molar-refractivity contribution in [3.05, 3.63) is 35.4 Å². The van der Waals surface area contributed by atoms with Crippen LogP contribution in [0.1, 0.15) is 55.7 Å². The number of hydrogen-bond donors (Lipinski definition) is 0. The second-order valence-electron chi connectivity index (χ2n) is 8.71. The third-order valence-corrected chi connectivity index (χ3v) is 7.47. The van der Waals surface area contributed by atoms with Crippen LogP contribution in [-0.4, -0.2) is 23.5 Å². The van der Waals surface area contributed by atoms with Crippen molar-refractivity contribution in [3.8, 4) is 0 Å². The van der Waals surface area contributed by atoms with E-state index < -0.39 is 17.0 Å². The zero-order chi connectivity index (χ0) is 17.4. The van der Waals surface area contributed by atoms with E-state index in [2.05, 4.69) is 12.1 Å². The number of benzene rings is 1. The number of carbonyl (C=O) groups excluding carboxylic acids is 1. The first kappa shape index (κ1) is 15.7. The second-order valence-corrected chi connectivity index (χ2v) is 8.71. The lowest BCUT2D eigenvalue weighted by molar-refractivity contribution is -0.220. The summed E-state index contributed by atoms with van der Waals surface area (Å²) < 4.78 is 40.6. The van der Waals surface area contributed by atoms with Gasteiger partial charge >= 0.3 is 6.18 Å². The summed E-state index contributed by atoms with van der Waals surface area (Å²) in [5, 5.41) is 0. The van der Waals surface area contributed by atoms with Gasteiger partial charge in [-0.25, -0.2) is 0 Å². The summed E-state index contributed by atoms with van der Waals surface area (Å²) in [4.78, 5) is 15.3. The van der Waals surface area contributed by atoms with E-state index in [0.717, 1.165) is 12.8 Å². The molecule has 0 aromatic heterocycles. The molecule has 1 aliphatic heterocycles. The molecule has 4 aliphatic rings. The molecule has 5 rings (SSSR count). The number of hydrogen-bond acceptors (Lipinski definition) is 1. The molecule has 0 spiro atoms.